The van der Waals surface area contributed by atoms with Gasteiger partial charge in [-0.15, -0.1) is 0 Å². The van der Waals surface area contributed by atoms with Gasteiger partial charge in [0.2, 0.25) is 0 Å². The normalized spacial score (nSPS) is 50.6. The monoisotopic (exact) mass is 280 g/mol. The van der Waals surface area contributed by atoms with Gasteiger partial charge >= 0.3 is 11.4 Å². The van der Waals surface area contributed by atoms with Gasteiger partial charge in [-0.1, -0.05) is 0 Å². The molecule has 3 aliphatic heterocycles. The third kappa shape index (κ3) is 2.11. The average Bonchev–Trinajstić information content (AvgIpc) is 2.64. The van der Waals surface area contributed by atoms with Crippen LogP contribution in [0.4, 0.5) is 0 Å². The minimum atomic E-state index is -1.76. The molecule has 0 aromatic rings. The SMILES string of the molecule is CO[C@@H]1OC2COS(=O)O[C@@H]2[C@@H]2OC(C)(C)OC12. The second-order valence-corrected chi connectivity index (χ2v) is 5.73. The van der Waals surface area contributed by atoms with Crippen molar-refractivity contribution in [3.63, 3.8) is 0 Å². The molecule has 3 saturated heterocycles. The van der Waals surface area contributed by atoms with Gasteiger partial charge in [0.15, 0.2) is 12.1 Å². The third-order valence-corrected chi connectivity index (χ3v) is 3.89. The van der Waals surface area contributed by atoms with E-state index >= 15 is 0 Å². The fourth-order valence-corrected chi connectivity index (χ4v) is 3.22. The van der Waals surface area contributed by atoms with E-state index in [-0.39, 0.29) is 18.8 Å². The van der Waals surface area contributed by atoms with Crippen LogP contribution < -0.4 is 0 Å². The van der Waals surface area contributed by atoms with Crippen LogP contribution in [-0.2, 0) is 38.7 Å². The summed E-state index contributed by atoms with van der Waals surface area (Å²) in [7, 11) is 1.54. The molecule has 0 N–H and O–H groups in total. The van der Waals surface area contributed by atoms with Gasteiger partial charge in [-0.3, -0.25) is 8.37 Å². The molecule has 0 spiro atoms. The molecule has 6 atom stereocenters. The van der Waals surface area contributed by atoms with Gasteiger partial charge < -0.3 is 18.9 Å². The van der Waals surface area contributed by atoms with Crippen molar-refractivity contribution >= 4 is 11.4 Å². The molecule has 0 aromatic carbocycles. The molecule has 0 saturated carbocycles. The number of hydrogen-bond donors (Lipinski definition) is 0. The molecule has 3 aliphatic rings. The zero-order chi connectivity index (χ0) is 12.9. The molecule has 0 aromatic heterocycles. The fraction of sp³-hybridized carbons (Fsp3) is 1.00. The molecule has 8 heteroatoms. The highest BCUT2D eigenvalue weighted by molar-refractivity contribution is 7.75. The van der Waals surface area contributed by atoms with Gasteiger partial charge in [0.25, 0.3) is 0 Å². The van der Waals surface area contributed by atoms with E-state index in [4.69, 9.17) is 27.3 Å². The summed E-state index contributed by atoms with van der Waals surface area (Å²) in [4.78, 5) is 0. The molecule has 0 bridgehead atoms. The van der Waals surface area contributed by atoms with Crippen LogP contribution in [0.15, 0.2) is 0 Å². The van der Waals surface area contributed by atoms with E-state index < -0.39 is 35.6 Å². The van der Waals surface area contributed by atoms with E-state index in [0.717, 1.165) is 0 Å². The fourth-order valence-electron chi connectivity index (χ4n) is 2.50. The highest BCUT2D eigenvalue weighted by Crippen LogP contribution is 2.40. The summed E-state index contributed by atoms with van der Waals surface area (Å²) in [5.41, 5.74) is 0. The van der Waals surface area contributed by atoms with Crippen LogP contribution in [0.5, 0.6) is 0 Å². The van der Waals surface area contributed by atoms with Crippen LogP contribution >= 0.6 is 0 Å². The quantitative estimate of drug-likeness (QED) is 0.662. The molecule has 3 fully saturated rings. The standard InChI is InChI=1S/C10H16O7S/c1-10(2)15-7-6-5(4-13-18(11)17-6)14-9(12-3)8(7)16-10/h5-9H,4H2,1-3H3/t5?,6-,7-,8?,9+,18?/m0/s1. The molecule has 0 amide bonds. The summed E-state index contributed by atoms with van der Waals surface area (Å²) in [6.07, 6.45) is -2.17. The lowest BCUT2D eigenvalue weighted by atomic mass is 9.99. The van der Waals surface area contributed by atoms with Crippen LogP contribution in [0, 0.1) is 0 Å². The Hall–Kier alpha value is -0.0900. The summed E-state index contributed by atoms with van der Waals surface area (Å²) in [6, 6.07) is 0. The summed E-state index contributed by atoms with van der Waals surface area (Å²) in [6.45, 7) is 3.80. The maximum Gasteiger partial charge on any atom is 0.305 e. The first kappa shape index (κ1) is 12.9. The zero-order valence-electron chi connectivity index (χ0n) is 10.4. The molecule has 3 heterocycles. The second kappa shape index (κ2) is 4.48. The maximum absolute atomic E-state index is 11.3. The number of methoxy groups -OCH3 is 1. The third-order valence-electron chi connectivity index (χ3n) is 3.18. The molecule has 3 unspecified atom stereocenters. The Morgan fingerprint density at radius 1 is 1.22 bits per heavy atom. The van der Waals surface area contributed by atoms with E-state index in [9.17, 15) is 4.21 Å². The smallest absolute Gasteiger partial charge is 0.305 e. The Morgan fingerprint density at radius 2 is 1.94 bits per heavy atom. The van der Waals surface area contributed by atoms with Crippen molar-refractivity contribution in [3.05, 3.63) is 0 Å². The summed E-state index contributed by atoms with van der Waals surface area (Å²) < 4.78 is 44.0. The molecule has 0 aliphatic carbocycles. The Kier molecular flexibility index (Phi) is 3.22. The van der Waals surface area contributed by atoms with Crippen molar-refractivity contribution in [1.29, 1.82) is 0 Å². The van der Waals surface area contributed by atoms with Crippen LogP contribution in [-0.4, -0.2) is 54.4 Å². The molecule has 104 valence electrons. The average molecular weight is 280 g/mol. The van der Waals surface area contributed by atoms with Crippen LogP contribution in [0.2, 0.25) is 0 Å². The predicted molar refractivity (Wildman–Crippen MR) is 58.5 cm³/mol. The maximum atomic E-state index is 11.3. The second-order valence-electron chi connectivity index (χ2n) is 4.89. The van der Waals surface area contributed by atoms with Gasteiger partial charge in [-0.05, 0) is 13.8 Å². The lowest BCUT2D eigenvalue weighted by Gasteiger charge is -2.42. The summed E-state index contributed by atoms with van der Waals surface area (Å²) in [5.74, 6) is -0.743. The molecule has 3 rings (SSSR count). The van der Waals surface area contributed by atoms with Gasteiger partial charge in [0.1, 0.15) is 24.4 Å². The van der Waals surface area contributed by atoms with Gasteiger partial charge in [0.05, 0.1) is 6.61 Å². The van der Waals surface area contributed by atoms with Crippen molar-refractivity contribution in [3.8, 4) is 0 Å². The lowest BCUT2D eigenvalue weighted by molar-refractivity contribution is -0.272. The van der Waals surface area contributed by atoms with Gasteiger partial charge in [-0.2, -0.15) is 4.21 Å². The van der Waals surface area contributed by atoms with Crippen molar-refractivity contribution in [1.82, 2.24) is 0 Å². The van der Waals surface area contributed by atoms with E-state index in [0.29, 0.717) is 0 Å². The summed E-state index contributed by atoms with van der Waals surface area (Å²) in [5, 5.41) is 0. The Bertz CT molecular complexity index is 360. The lowest BCUT2D eigenvalue weighted by Crippen LogP contribution is -2.60. The zero-order valence-corrected chi connectivity index (χ0v) is 11.2. The van der Waals surface area contributed by atoms with E-state index in [1.165, 1.54) is 0 Å². The van der Waals surface area contributed by atoms with Crippen LogP contribution in [0.25, 0.3) is 0 Å². The van der Waals surface area contributed by atoms with Crippen molar-refractivity contribution in [2.45, 2.75) is 50.3 Å². The summed E-state index contributed by atoms with van der Waals surface area (Å²) >= 11 is -1.76. The van der Waals surface area contributed by atoms with Crippen LogP contribution in [0.3, 0.4) is 0 Å². The van der Waals surface area contributed by atoms with Gasteiger partial charge in [-0.25, -0.2) is 0 Å². The highest BCUT2D eigenvalue weighted by atomic mass is 32.2. The van der Waals surface area contributed by atoms with E-state index in [1.807, 2.05) is 13.8 Å². The number of ether oxygens (including phenoxy) is 4. The van der Waals surface area contributed by atoms with E-state index in [2.05, 4.69) is 0 Å². The Morgan fingerprint density at radius 3 is 2.67 bits per heavy atom. The predicted octanol–water partition coefficient (Wildman–Crippen LogP) is -0.128. The Labute approximate surface area is 107 Å². The number of rotatable bonds is 1. The van der Waals surface area contributed by atoms with Crippen molar-refractivity contribution in [2.24, 2.45) is 0 Å². The van der Waals surface area contributed by atoms with Gasteiger partial charge in [0, 0.05) is 7.11 Å². The molecular formula is C10H16O7S. The minimum absolute atomic E-state index is 0.185. The van der Waals surface area contributed by atoms with Crippen molar-refractivity contribution < 1.29 is 31.5 Å². The molecule has 0 radical (unpaired) electrons. The number of hydrogen-bond acceptors (Lipinski definition) is 7. The Balaban J connectivity index is 1.85. The highest BCUT2D eigenvalue weighted by Gasteiger charge is 2.57. The largest absolute Gasteiger partial charge is 0.353 e. The molecule has 7 nitrogen and oxygen atoms in total. The van der Waals surface area contributed by atoms with Crippen LogP contribution in [0.1, 0.15) is 13.8 Å². The first-order valence-corrected chi connectivity index (χ1v) is 6.76. The molecular weight excluding hydrogens is 264 g/mol. The number of fused-ring (bicyclic) bond motifs is 3. The molecule has 18 heavy (non-hydrogen) atoms. The topological polar surface area (TPSA) is 72.5 Å². The van der Waals surface area contributed by atoms with E-state index in [1.54, 1.807) is 7.11 Å². The van der Waals surface area contributed by atoms with Crippen molar-refractivity contribution in [2.75, 3.05) is 13.7 Å². The first-order chi connectivity index (χ1) is 8.50. The minimum Gasteiger partial charge on any atom is -0.353 e. The first-order valence-electron chi connectivity index (χ1n) is 5.76.